The van der Waals surface area contributed by atoms with Crippen molar-refractivity contribution in [1.82, 2.24) is 34.2 Å². The second kappa shape index (κ2) is 10.5. The maximum atomic E-state index is 13.3. The topological polar surface area (TPSA) is 73.9 Å². The van der Waals surface area contributed by atoms with Crippen molar-refractivity contribution in [3.8, 4) is 17.1 Å². The minimum atomic E-state index is -4.42. The van der Waals surface area contributed by atoms with E-state index in [0.29, 0.717) is 29.7 Å². The van der Waals surface area contributed by atoms with Crippen molar-refractivity contribution in [3.63, 3.8) is 0 Å². The fourth-order valence-corrected chi connectivity index (χ4v) is 6.99. The largest absolute Gasteiger partial charge is 0.480 e. The first-order chi connectivity index (χ1) is 19.2. The molecule has 2 saturated carbocycles. The van der Waals surface area contributed by atoms with E-state index in [-0.39, 0.29) is 5.92 Å². The first-order valence-electron chi connectivity index (χ1n) is 14.5. The number of imidazole rings is 1. The molecule has 6 rings (SSSR count). The molecule has 11 heteroatoms. The molecule has 0 radical (unpaired) electrons. The zero-order valence-corrected chi connectivity index (χ0v) is 23.7. The molecule has 3 aromatic rings. The molecule has 3 aliphatic rings. The van der Waals surface area contributed by atoms with Gasteiger partial charge >= 0.3 is 6.18 Å². The number of aryl methyl sites for hydroxylation is 2. The summed E-state index contributed by atoms with van der Waals surface area (Å²) in [6.07, 6.45) is 7.20. The Bertz CT molecular complexity index is 1370. The van der Waals surface area contributed by atoms with Gasteiger partial charge in [0.2, 0.25) is 5.88 Å². The molecule has 3 aromatic heterocycles. The Balaban J connectivity index is 1.28. The molecule has 4 heterocycles. The van der Waals surface area contributed by atoms with Crippen LogP contribution in [-0.2, 0) is 33.2 Å². The van der Waals surface area contributed by atoms with Crippen LogP contribution >= 0.6 is 0 Å². The van der Waals surface area contributed by atoms with Crippen molar-refractivity contribution in [2.24, 2.45) is 14.1 Å². The quantitative estimate of drug-likeness (QED) is 0.367. The first kappa shape index (κ1) is 27.2. The molecule has 0 amide bonds. The van der Waals surface area contributed by atoms with Gasteiger partial charge < -0.3 is 9.30 Å². The SMILES string of the molecule is CCCC1Cc2c(c(-c3c(OC)ncnc3C3CC3)nn2C)CN1C1CCC(c2nc(C(F)(F)F)cn2C)CC1. The minimum Gasteiger partial charge on any atom is -0.480 e. The summed E-state index contributed by atoms with van der Waals surface area (Å²) >= 11 is 0. The lowest BCUT2D eigenvalue weighted by molar-refractivity contribution is -0.141. The first-order valence-corrected chi connectivity index (χ1v) is 14.5. The summed E-state index contributed by atoms with van der Waals surface area (Å²) in [5.41, 5.74) is 4.58. The van der Waals surface area contributed by atoms with Gasteiger partial charge in [0, 0.05) is 68.4 Å². The van der Waals surface area contributed by atoms with Gasteiger partial charge in [-0.05, 0) is 44.9 Å². The molecule has 0 aromatic carbocycles. The van der Waals surface area contributed by atoms with E-state index in [1.165, 1.54) is 11.3 Å². The van der Waals surface area contributed by atoms with E-state index in [4.69, 9.17) is 9.84 Å². The molecular weight excluding hydrogens is 519 g/mol. The van der Waals surface area contributed by atoms with Crippen LogP contribution in [0.25, 0.3) is 11.3 Å². The fourth-order valence-electron chi connectivity index (χ4n) is 6.99. The van der Waals surface area contributed by atoms with Crippen LogP contribution in [0.1, 0.15) is 98.6 Å². The monoisotopic (exact) mass is 557 g/mol. The number of ether oxygens (including phenoxy) is 1. The molecule has 40 heavy (non-hydrogen) atoms. The lowest BCUT2D eigenvalue weighted by Crippen LogP contribution is -2.48. The second-order valence-electron chi connectivity index (χ2n) is 11.7. The van der Waals surface area contributed by atoms with Crippen molar-refractivity contribution in [3.05, 3.63) is 41.0 Å². The Kier molecular flexibility index (Phi) is 7.13. The van der Waals surface area contributed by atoms with Gasteiger partial charge in [0.25, 0.3) is 0 Å². The van der Waals surface area contributed by atoms with Gasteiger partial charge in [-0.2, -0.15) is 18.3 Å². The van der Waals surface area contributed by atoms with Crippen molar-refractivity contribution in [2.75, 3.05) is 7.11 Å². The molecule has 0 N–H and O–H groups in total. The normalized spacial score (nSPS) is 23.8. The molecule has 1 atom stereocenters. The van der Waals surface area contributed by atoms with E-state index in [1.807, 2.05) is 11.7 Å². The average molecular weight is 558 g/mol. The van der Waals surface area contributed by atoms with Crippen LogP contribution in [0.5, 0.6) is 5.88 Å². The summed E-state index contributed by atoms with van der Waals surface area (Å²) in [5.74, 6) is 1.60. The highest BCUT2D eigenvalue weighted by Gasteiger charge is 2.40. The summed E-state index contributed by atoms with van der Waals surface area (Å²) in [5, 5.41) is 5.03. The Hall–Kier alpha value is -2.95. The Morgan fingerprint density at radius 2 is 1.75 bits per heavy atom. The van der Waals surface area contributed by atoms with Gasteiger partial charge in [-0.15, -0.1) is 0 Å². The van der Waals surface area contributed by atoms with Crippen LogP contribution in [0, 0.1) is 0 Å². The number of hydrogen-bond donors (Lipinski definition) is 0. The lowest BCUT2D eigenvalue weighted by atomic mass is 9.82. The highest BCUT2D eigenvalue weighted by atomic mass is 19.4. The second-order valence-corrected chi connectivity index (χ2v) is 11.7. The number of aromatic nitrogens is 6. The predicted octanol–water partition coefficient (Wildman–Crippen LogP) is 5.77. The Morgan fingerprint density at radius 1 is 1.02 bits per heavy atom. The number of methoxy groups -OCH3 is 1. The molecule has 8 nitrogen and oxygen atoms in total. The molecular formula is C29H38F3N7O. The third-order valence-corrected chi connectivity index (χ3v) is 9.11. The molecule has 2 aliphatic carbocycles. The van der Waals surface area contributed by atoms with Crippen LogP contribution in [0.4, 0.5) is 13.2 Å². The molecule has 0 bridgehead atoms. The van der Waals surface area contributed by atoms with Crippen LogP contribution in [0.2, 0.25) is 0 Å². The minimum absolute atomic E-state index is 0.0445. The van der Waals surface area contributed by atoms with Gasteiger partial charge in [0.05, 0.1) is 18.4 Å². The third-order valence-electron chi connectivity index (χ3n) is 9.11. The predicted molar refractivity (Wildman–Crippen MR) is 144 cm³/mol. The summed E-state index contributed by atoms with van der Waals surface area (Å²) in [4.78, 5) is 15.8. The Morgan fingerprint density at radius 3 is 2.38 bits per heavy atom. The van der Waals surface area contributed by atoms with Gasteiger partial charge in [0.1, 0.15) is 17.8 Å². The average Bonchev–Trinajstić information content (AvgIpc) is 3.64. The third kappa shape index (κ3) is 4.90. The van der Waals surface area contributed by atoms with E-state index in [9.17, 15) is 13.2 Å². The van der Waals surface area contributed by atoms with E-state index in [1.54, 1.807) is 25.1 Å². The van der Waals surface area contributed by atoms with Crippen LogP contribution < -0.4 is 4.74 Å². The van der Waals surface area contributed by atoms with E-state index >= 15 is 0 Å². The Labute approximate surface area is 233 Å². The van der Waals surface area contributed by atoms with Gasteiger partial charge in [-0.1, -0.05) is 13.3 Å². The van der Waals surface area contributed by atoms with Crippen molar-refractivity contribution in [2.45, 2.75) is 101 Å². The summed E-state index contributed by atoms with van der Waals surface area (Å²) < 4.78 is 49.1. The number of fused-ring (bicyclic) bond motifs is 1. The maximum absolute atomic E-state index is 13.3. The van der Waals surface area contributed by atoms with E-state index < -0.39 is 11.9 Å². The van der Waals surface area contributed by atoms with E-state index in [2.05, 4.69) is 26.8 Å². The van der Waals surface area contributed by atoms with Crippen molar-refractivity contribution in [1.29, 1.82) is 0 Å². The molecule has 2 fully saturated rings. The maximum Gasteiger partial charge on any atom is 0.434 e. The number of rotatable bonds is 7. The summed E-state index contributed by atoms with van der Waals surface area (Å²) in [6, 6.07) is 0.775. The number of hydrogen-bond acceptors (Lipinski definition) is 6. The lowest BCUT2D eigenvalue weighted by Gasteiger charge is -2.44. The van der Waals surface area contributed by atoms with Gasteiger partial charge in [-0.3, -0.25) is 9.58 Å². The summed E-state index contributed by atoms with van der Waals surface area (Å²) in [6.45, 7) is 3.02. The zero-order chi connectivity index (χ0) is 28.2. The molecule has 1 unspecified atom stereocenters. The highest BCUT2D eigenvalue weighted by molar-refractivity contribution is 5.72. The molecule has 0 spiro atoms. The smallest absolute Gasteiger partial charge is 0.434 e. The molecule has 0 saturated heterocycles. The molecule has 216 valence electrons. The van der Waals surface area contributed by atoms with E-state index in [0.717, 1.165) is 87.5 Å². The highest BCUT2D eigenvalue weighted by Crippen LogP contribution is 2.47. The standard InChI is InChI=1S/C29H38F3N7O/c1-5-6-20-13-22-21(26(36-38(22)3)24-25(17-7-8-17)33-16-34-28(24)40-4)14-39(20)19-11-9-18(10-12-19)27-35-23(15-37(27)2)29(30,31)32/h15-20H,5-14H2,1-4H3. The van der Waals surface area contributed by atoms with Crippen molar-refractivity contribution >= 4 is 0 Å². The number of alkyl halides is 3. The number of nitrogens with zero attached hydrogens (tertiary/aromatic N) is 7. The van der Waals surface area contributed by atoms with Crippen LogP contribution in [0.15, 0.2) is 12.5 Å². The zero-order valence-electron chi connectivity index (χ0n) is 23.7. The van der Waals surface area contributed by atoms with Crippen LogP contribution in [-0.4, -0.2) is 53.4 Å². The fraction of sp³-hybridized carbons (Fsp3) is 0.655. The molecule has 1 aliphatic heterocycles. The van der Waals surface area contributed by atoms with Crippen molar-refractivity contribution < 1.29 is 17.9 Å². The summed E-state index contributed by atoms with van der Waals surface area (Å²) in [7, 11) is 5.36. The van der Waals surface area contributed by atoms with Crippen LogP contribution in [0.3, 0.4) is 0 Å². The number of halogens is 3. The van der Waals surface area contributed by atoms with Gasteiger partial charge in [0.15, 0.2) is 5.69 Å². The van der Waals surface area contributed by atoms with Gasteiger partial charge in [-0.25, -0.2) is 15.0 Å².